The quantitative estimate of drug-likeness (QED) is 0.236. The van der Waals surface area contributed by atoms with Gasteiger partial charge in [-0.2, -0.15) is 0 Å². The minimum atomic E-state index is -0.924. The zero-order valence-corrected chi connectivity index (χ0v) is 23.9. The third-order valence-electron chi connectivity index (χ3n) is 6.74. The van der Waals surface area contributed by atoms with Crippen LogP contribution in [0.4, 0.5) is 5.69 Å². The van der Waals surface area contributed by atoms with Gasteiger partial charge in [0, 0.05) is 24.4 Å². The van der Waals surface area contributed by atoms with Gasteiger partial charge < -0.3 is 19.5 Å². The van der Waals surface area contributed by atoms with Gasteiger partial charge in [-0.05, 0) is 54.3 Å². The Morgan fingerprint density at radius 2 is 2.00 bits per heavy atom. The van der Waals surface area contributed by atoms with Crippen LogP contribution in [0.15, 0.2) is 47.3 Å². The lowest BCUT2D eigenvalue weighted by Crippen LogP contribution is -2.48. The van der Waals surface area contributed by atoms with Crippen molar-refractivity contribution in [1.29, 1.82) is 0 Å². The lowest BCUT2D eigenvalue weighted by Gasteiger charge is -2.38. The summed E-state index contributed by atoms with van der Waals surface area (Å²) in [4.78, 5) is 46.2. The fourth-order valence-electron chi connectivity index (χ4n) is 4.73. The van der Waals surface area contributed by atoms with E-state index in [-0.39, 0.29) is 24.3 Å². The van der Waals surface area contributed by atoms with Crippen LogP contribution in [-0.4, -0.2) is 67.6 Å². The maximum Gasteiger partial charge on any atom is 0.350 e. The second-order valence-electron chi connectivity index (χ2n) is 9.31. The molecule has 0 radical (unpaired) electrons. The molecule has 11 heteroatoms. The van der Waals surface area contributed by atoms with Gasteiger partial charge in [0.25, 0.3) is 0 Å². The number of pyridine rings is 1. The first kappa shape index (κ1) is 28.7. The summed E-state index contributed by atoms with van der Waals surface area (Å²) in [6, 6.07) is 7.92. The highest BCUT2D eigenvalue weighted by Gasteiger charge is 2.35. The molecule has 39 heavy (non-hydrogen) atoms. The Morgan fingerprint density at radius 1 is 1.15 bits per heavy atom. The first-order valence-electron chi connectivity index (χ1n) is 12.8. The molecule has 208 valence electrons. The number of hydrogen-bond donors (Lipinski definition) is 1. The van der Waals surface area contributed by atoms with Gasteiger partial charge in [0.15, 0.2) is 11.8 Å². The largest absolute Gasteiger partial charge is 0.481 e. The summed E-state index contributed by atoms with van der Waals surface area (Å²) in [6.45, 7) is 3.66. The third-order valence-corrected chi connectivity index (χ3v) is 8.55. The topological polar surface area (TPSA) is 107 Å². The lowest BCUT2D eigenvalue weighted by atomic mass is 9.89. The number of thiophene rings is 2. The molecule has 4 rings (SSSR count). The van der Waals surface area contributed by atoms with Crippen molar-refractivity contribution in [2.75, 3.05) is 39.2 Å². The van der Waals surface area contributed by atoms with Gasteiger partial charge in [-0.3, -0.25) is 9.69 Å². The fraction of sp³-hybridized carbons (Fsp3) is 0.429. The molecule has 1 fully saturated rings. The van der Waals surface area contributed by atoms with E-state index in [1.165, 1.54) is 36.9 Å². The first-order valence-corrected chi connectivity index (χ1v) is 14.6. The summed E-state index contributed by atoms with van der Waals surface area (Å²) in [6.07, 6.45) is 3.90. The number of carbonyl (C=O) groups is 3. The number of carbonyl (C=O) groups excluding carboxylic acids is 3. The van der Waals surface area contributed by atoms with Crippen LogP contribution in [0.1, 0.15) is 57.1 Å². The molecule has 0 bridgehead atoms. The number of anilines is 1. The number of nitrogens with zero attached hydrogens (tertiary/aromatic N) is 2. The van der Waals surface area contributed by atoms with Crippen molar-refractivity contribution in [2.24, 2.45) is 5.92 Å². The van der Waals surface area contributed by atoms with Crippen LogP contribution in [0.5, 0.6) is 5.88 Å². The van der Waals surface area contributed by atoms with Crippen LogP contribution >= 0.6 is 22.7 Å². The van der Waals surface area contributed by atoms with Gasteiger partial charge in [0.2, 0.25) is 5.88 Å². The molecular formula is C28H33N3O6S2. The van der Waals surface area contributed by atoms with E-state index >= 15 is 0 Å². The van der Waals surface area contributed by atoms with Crippen LogP contribution in [0, 0.1) is 5.92 Å². The van der Waals surface area contributed by atoms with E-state index in [0.717, 1.165) is 30.7 Å². The molecule has 3 aromatic heterocycles. The second kappa shape index (κ2) is 13.7. The number of piperidine rings is 1. The molecule has 4 heterocycles. The predicted molar refractivity (Wildman–Crippen MR) is 151 cm³/mol. The molecule has 0 spiro atoms. The fourth-order valence-corrected chi connectivity index (χ4v) is 6.16. The standard InChI is InChI=1S/C28H33N3O6S2/c1-4-6-18-10-12-31(16-21(32)23-7-5-13-38-23)17-22(18)37-27(33)25(19-8-9-24(35-2)29-15-19)30-20-11-14-39-26(20)28(34)36-3/h5,7-9,11,13-15,18,22,25,30H,4,6,10,12,16-17H2,1-3H3/t18?,22-,25?/m0/s1. The molecule has 0 amide bonds. The number of methoxy groups -OCH3 is 2. The lowest BCUT2D eigenvalue weighted by molar-refractivity contribution is -0.156. The highest BCUT2D eigenvalue weighted by atomic mass is 32.1. The summed E-state index contributed by atoms with van der Waals surface area (Å²) < 4.78 is 16.3. The van der Waals surface area contributed by atoms with Crippen molar-refractivity contribution in [1.82, 2.24) is 9.88 Å². The van der Waals surface area contributed by atoms with E-state index < -0.39 is 18.0 Å². The number of hydrogen-bond acceptors (Lipinski definition) is 11. The SMILES string of the molecule is CCCC1CCN(CC(=O)c2cccs2)C[C@@H]1OC(=O)C(Nc1ccsc1C(=O)OC)c1ccc(OC)nc1. The summed E-state index contributed by atoms with van der Waals surface area (Å²) in [5.41, 5.74) is 1.04. The molecule has 2 unspecified atom stereocenters. The molecule has 3 aromatic rings. The number of rotatable bonds is 12. The van der Waals surface area contributed by atoms with Crippen LogP contribution in [0.3, 0.4) is 0 Å². The van der Waals surface area contributed by atoms with Crippen molar-refractivity contribution in [3.8, 4) is 5.88 Å². The maximum absolute atomic E-state index is 13.8. The predicted octanol–water partition coefficient (Wildman–Crippen LogP) is 5.07. The Balaban J connectivity index is 1.55. The molecule has 1 saturated heterocycles. The molecule has 0 aromatic carbocycles. The molecule has 0 aliphatic carbocycles. The number of nitrogens with one attached hydrogen (secondary N) is 1. The summed E-state index contributed by atoms with van der Waals surface area (Å²) in [5.74, 6) is -0.303. The first-order chi connectivity index (χ1) is 18.9. The second-order valence-corrected chi connectivity index (χ2v) is 11.2. The van der Waals surface area contributed by atoms with Crippen LogP contribution in [0.2, 0.25) is 0 Å². The van der Waals surface area contributed by atoms with Gasteiger partial charge in [-0.15, -0.1) is 22.7 Å². The molecule has 1 aliphatic rings. The molecule has 1 N–H and O–H groups in total. The summed E-state index contributed by atoms with van der Waals surface area (Å²) in [7, 11) is 2.84. The highest BCUT2D eigenvalue weighted by Crippen LogP contribution is 2.31. The molecule has 3 atom stereocenters. The van der Waals surface area contributed by atoms with E-state index in [0.29, 0.717) is 28.6 Å². The van der Waals surface area contributed by atoms with E-state index in [1.54, 1.807) is 29.8 Å². The van der Waals surface area contributed by atoms with E-state index in [1.807, 2.05) is 17.5 Å². The molecule has 1 aliphatic heterocycles. The Bertz CT molecular complexity index is 1240. The Labute approximate surface area is 236 Å². The number of esters is 2. The Morgan fingerprint density at radius 3 is 2.67 bits per heavy atom. The van der Waals surface area contributed by atoms with Crippen molar-refractivity contribution in [2.45, 2.75) is 38.3 Å². The third kappa shape index (κ3) is 7.23. The van der Waals surface area contributed by atoms with E-state index in [9.17, 15) is 14.4 Å². The van der Waals surface area contributed by atoms with E-state index in [4.69, 9.17) is 14.2 Å². The molecule has 9 nitrogen and oxygen atoms in total. The van der Waals surface area contributed by atoms with E-state index in [2.05, 4.69) is 22.1 Å². The van der Waals surface area contributed by atoms with Crippen molar-refractivity contribution in [3.63, 3.8) is 0 Å². The minimum absolute atomic E-state index is 0.0701. The van der Waals surface area contributed by atoms with Gasteiger partial charge in [0.05, 0.1) is 31.3 Å². The normalized spacial score (nSPS) is 18.2. The zero-order valence-electron chi connectivity index (χ0n) is 22.3. The number of likely N-dealkylation sites (tertiary alicyclic amines) is 1. The summed E-state index contributed by atoms with van der Waals surface area (Å²) in [5, 5.41) is 6.83. The number of Topliss-reactive ketones (excluding diaryl/α,β-unsaturated/α-hetero) is 1. The van der Waals surface area contributed by atoms with Crippen LogP contribution < -0.4 is 10.1 Å². The smallest absolute Gasteiger partial charge is 0.350 e. The van der Waals surface area contributed by atoms with Crippen molar-refractivity contribution >= 4 is 46.1 Å². The number of ketones is 1. The van der Waals surface area contributed by atoms with Gasteiger partial charge in [-0.25, -0.2) is 14.6 Å². The van der Waals surface area contributed by atoms with Crippen molar-refractivity contribution < 1.29 is 28.6 Å². The average Bonchev–Trinajstić information content (AvgIpc) is 3.66. The minimum Gasteiger partial charge on any atom is -0.481 e. The molecular weight excluding hydrogens is 538 g/mol. The number of ether oxygens (including phenoxy) is 3. The van der Waals surface area contributed by atoms with Gasteiger partial charge in [-0.1, -0.05) is 19.4 Å². The Hall–Kier alpha value is -3.28. The summed E-state index contributed by atoms with van der Waals surface area (Å²) >= 11 is 2.66. The average molecular weight is 572 g/mol. The maximum atomic E-state index is 13.8. The van der Waals surface area contributed by atoms with Gasteiger partial charge in [0.1, 0.15) is 11.0 Å². The Kier molecular flexibility index (Phi) is 10.1. The highest BCUT2D eigenvalue weighted by molar-refractivity contribution is 7.12. The molecule has 0 saturated carbocycles. The monoisotopic (exact) mass is 571 g/mol. The van der Waals surface area contributed by atoms with Crippen molar-refractivity contribution in [3.05, 3.63) is 62.6 Å². The van der Waals surface area contributed by atoms with Crippen LogP contribution in [0.25, 0.3) is 0 Å². The number of aromatic nitrogens is 1. The van der Waals surface area contributed by atoms with Gasteiger partial charge >= 0.3 is 11.9 Å². The zero-order chi connectivity index (χ0) is 27.8. The van der Waals surface area contributed by atoms with Crippen LogP contribution in [-0.2, 0) is 14.3 Å².